The van der Waals surface area contributed by atoms with Crippen molar-refractivity contribution >= 4 is 23.4 Å². The summed E-state index contributed by atoms with van der Waals surface area (Å²) in [6.07, 6.45) is 3.73. The molecule has 2 fully saturated rings. The van der Waals surface area contributed by atoms with Crippen LogP contribution in [0.3, 0.4) is 0 Å². The molecule has 2 N–H and O–H groups in total. The van der Waals surface area contributed by atoms with Gasteiger partial charge >= 0.3 is 0 Å². The van der Waals surface area contributed by atoms with E-state index in [4.69, 9.17) is 0 Å². The van der Waals surface area contributed by atoms with Crippen LogP contribution in [-0.4, -0.2) is 46.1 Å². The smallest absolute Gasteiger partial charge is 0.227 e. The molecule has 1 aromatic carbocycles. The van der Waals surface area contributed by atoms with Crippen molar-refractivity contribution in [2.75, 3.05) is 29.9 Å². The van der Waals surface area contributed by atoms with Gasteiger partial charge in [-0.2, -0.15) is 11.8 Å². The van der Waals surface area contributed by atoms with Gasteiger partial charge in [0.1, 0.15) is 0 Å². The highest BCUT2D eigenvalue weighted by Gasteiger charge is 2.33. The van der Waals surface area contributed by atoms with E-state index < -0.39 is 5.60 Å². The minimum atomic E-state index is -0.787. The largest absolute Gasteiger partial charge is 0.389 e. The maximum absolute atomic E-state index is 12.2. The van der Waals surface area contributed by atoms with Gasteiger partial charge in [0.25, 0.3) is 0 Å². The third kappa shape index (κ3) is 4.74. The van der Waals surface area contributed by atoms with E-state index in [-0.39, 0.29) is 12.3 Å². The number of rotatable bonds is 5. The molecule has 0 bridgehead atoms. The van der Waals surface area contributed by atoms with Crippen LogP contribution in [0.2, 0.25) is 0 Å². The molecule has 1 saturated heterocycles. The van der Waals surface area contributed by atoms with E-state index in [1.165, 1.54) is 17.1 Å². The molecule has 0 spiro atoms. The van der Waals surface area contributed by atoms with Gasteiger partial charge in [-0.25, -0.2) is 0 Å². The lowest BCUT2D eigenvalue weighted by Gasteiger charge is -2.26. The average Bonchev–Trinajstić information content (AvgIpc) is 2.97. The number of carbonyl (C=O) groups is 1. The summed E-state index contributed by atoms with van der Waals surface area (Å²) in [5, 5.41) is 13.3. The fraction of sp³-hybridized carbons (Fsp3) is 0.632. The maximum atomic E-state index is 12.2. The number of thioether (sulfide) groups is 1. The van der Waals surface area contributed by atoms with Crippen LogP contribution in [0.4, 0.5) is 5.69 Å². The number of amides is 1. The van der Waals surface area contributed by atoms with Gasteiger partial charge < -0.3 is 10.4 Å². The first-order valence-corrected chi connectivity index (χ1v) is 10.1. The summed E-state index contributed by atoms with van der Waals surface area (Å²) in [5.41, 5.74) is 2.46. The second kappa shape index (κ2) is 7.89. The summed E-state index contributed by atoms with van der Waals surface area (Å²) >= 11 is 2.02. The minimum Gasteiger partial charge on any atom is -0.389 e. The highest BCUT2D eigenvalue weighted by atomic mass is 32.2. The van der Waals surface area contributed by atoms with Crippen molar-refractivity contribution in [3.05, 3.63) is 29.3 Å². The Morgan fingerprint density at radius 2 is 2.00 bits per heavy atom. The van der Waals surface area contributed by atoms with Gasteiger partial charge in [-0.05, 0) is 37.0 Å². The molecule has 0 aromatic heterocycles. The molecule has 1 amide bonds. The van der Waals surface area contributed by atoms with Crippen molar-refractivity contribution in [1.29, 1.82) is 0 Å². The molecule has 1 aliphatic carbocycles. The van der Waals surface area contributed by atoms with Crippen molar-refractivity contribution in [3.8, 4) is 0 Å². The zero-order chi connectivity index (χ0) is 17.0. The quantitative estimate of drug-likeness (QED) is 0.858. The number of aryl methyl sites for hydroxylation is 1. The highest BCUT2D eigenvalue weighted by Crippen LogP contribution is 2.32. The van der Waals surface area contributed by atoms with E-state index in [1.54, 1.807) is 0 Å². The van der Waals surface area contributed by atoms with Crippen molar-refractivity contribution < 1.29 is 9.90 Å². The second-order valence-electron chi connectivity index (χ2n) is 7.19. The van der Waals surface area contributed by atoms with Crippen LogP contribution in [-0.2, 0) is 11.3 Å². The monoisotopic (exact) mass is 348 g/mol. The molecular formula is C19H28N2O2S. The summed E-state index contributed by atoms with van der Waals surface area (Å²) in [7, 11) is 0. The van der Waals surface area contributed by atoms with Crippen LogP contribution in [0.1, 0.15) is 43.2 Å². The number of hydrogen-bond donors (Lipinski definition) is 2. The molecule has 24 heavy (non-hydrogen) atoms. The molecule has 0 unspecified atom stereocenters. The highest BCUT2D eigenvalue weighted by molar-refractivity contribution is 7.99. The fourth-order valence-corrected chi connectivity index (χ4v) is 4.66. The van der Waals surface area contributed by atoms with E-state index in [2.05, 4.69) is 22.3 Å². The van der Waals surface area contributed by atoms with E-state index in [1.807, 2.05) is 24.8 Å². The Hall–Kier alpha value is -1.04. The first-order chi connectivity index (χ1) is 11.5. The number of anilines is 1. The van der Waals surface area contributed by atoms with E-state index >= 15 is 0 Å². The predicted octanol–water partition coefficient (Wildman–Crippen LogP) is 3.18. The molecule has 0 atom stereocenters. The molecule has 132 valence electrons. The number of benzene rings is 1. The van der Waals surface area contributed by atoms with Gasteiger partial charge in [0, 0.05) is 36.8 Å². The summed E-state index contributed by atoms with van der Waals surface area (Å²) in [6.45, 7) is 5.33. The van der Waals surface area contributed by atoms with Gasteiger partial charge in [-0.15, -0.1) is 0 Å². The lowest BCUT2D eigenvalue weighted by atomic mass is 9.97. The number of nitrogens with zero attached hydrogens (tertiary/aromatic N) is 1. The van der Waals surface area contributed by atoms with Crippen molar-refractivity contribution in [2.24, 2.45) is 0 Å². The van der Waals surface area contributed by atoms with Crippen molar-refractivity contribution in [1.82, 2.24) is 4.90 Å². The summed E-state index contributed by atoms with van der Waals surface area (Å²) < 4.78 is 0. The Bertz CT molecular complexity index is 579. The molecule has 0 radical (unpaired) electrons. The Kier molecular flexibility index (Phi) is 5.85. The summed E-state index contributed by atoms with van der Waals surface area (Å²) in [5.74, 6) is 2.36. The zero-order valence-corrected chi connectivity index (χ0v) is 15.3. The zero-order valence-electron chi connectivity index (χ0n) is 14.5. The third-order valence-corrected chi connectivity index (χ3v) is 6.04. The predicted molar refractivity (Wildman–Crippen MR) is 100 cm³/mol. The third-order valence-electron chi connectivity index (χ3n) is 5.10. The minimum absolute atomic E-state index is 0.0803. The van der Waals surface area contributed by atoms with Crippen LogP contribution in [0.15, 0.2) is 18.2 Å². The molecule has 5 heteroatoms. The number of hydrogen-bond acceptors (Lipinski definition) is 4. The Labute approximate surface area is 149 Å². The molecule has 1 saturated carbocycles. The molecular weight excluding hydrogens is 320 g/mol. The second-order valence-corrected chi connectivity index (χ2v) is 8.42. The lowest BCUT2D eigenvalue weighted by molar-refractivity contribution is -0.120. The van der Waals surface area contributed by atoms with Crippen LogP contribution >= 0.6 is 11.8 Å². The van der Waals surface area contributed by atoms with Gasteiger partial charge in [-0.3, -0.25) is 9.69 Å². The van der Waals surface area contributed by atoms with Gasteiger partial charge in [0.15, 0.2) is 0 Å². The first-order valence-electron chi connectivity index (χ1n) is 8.96. The molecule has 2 aliphatic rings. The summed E-state index contributed by atoms with van der Waals surface area (Å²) in [4.78, 5) is 14.7. The van der Waals surface area contributed by atoms with E-state index in [9.17, 15) is 9.90 Å². The Morgan fingerprint density at radius 3 is 2.67 bits per heavy atom. The SMILES string of the molecule is Cc1cc(CN2CCSCC2)ccc1NC(=O)CC1(O)CCCC1. The number of nitrogens with one attached hydrogen (secondary N) is 1. The molecule has 1 aliphatic heterocycles. The topological polar surface area (TPSA) is 52.6 Å². The molecule has 3 rings (SSSR count). The van der Waals surface area contributed by atoms with Gasteiger partial charge in [-0.1, -0.05) is 25.0 Å². The van der Waals surface area contributed by atoms with Crippen LogP contribution in [0.5, 0.6) is 0 Å². The molecule has 1 aromatic rings. The van der Waals surface area contributed by atoms with Crippen LogP contribution < -0.4 is 5.32 Å². The normalized spacial score (nSPS) is 20.9. The van der Waals surface area contributed by atoms with E-state index in [0.717, 1.165) is 56.6 Å². The lowest BCUT2D eigenvalue weighted by Crippen LogP contribution is -2.32. The standard InChI is InChI=1S/C19H28N2O2S/c1-15-12-16(14-21-8-10-24-11-9-21)4-5-17(15)20-18(22)13-19(23)6-2-3-7-19/h4-5,12,23H,2-3,6-11,13-14H2,1H3,(H,20,22). The average molecular weight is 349 g/mol. The van der Waals surface area contributed by atoms with Gasteiger partial charge in [0.05, 0.1) is 12.0 Å². The molecule has 1 heterocycles. The first kappa shape index (κ1) is 17.8. The Morgan fingerprint density at radius 1 is 1.29 bits per heavy atom. The van der Waals surface area contributed by atoms with Crippen LogP contribution in [0, 0.1) is 6.92 Å². The van der Waals surface area contributed by atoms with Crippen molar-refractivity contribution in [2.45, 2.75) is 51.2 Å². The summed E-state index contributed by atoms with van der Waals surface area (Å²) in [6, 6.07) is 6.27. The fourth-order valence-electron chi connectivity index (χ4n) is 3.69. The van der Waals surface area contributed by atoms with Crippen LogP contribution in [0.25, 0.3) is 0 Å². The maximum Gasteiger partial charge on any atom is 0.227 e. The Balaban J connectivity index is 1.56. The van der Waals surface area contributed by atoms with Gasteiger partial charge in [0.2, 0.25) is 5.91 Å². The number of aliphatic hydroxyl groups is 1. The van der Waals surface area contributed by atoms with Crippen molar-refractivity contribution in [3.63, 3.8) is 0 Å². The molecule has 4 nitrogen and oxygen atoms in total. The van der Waals surface area contributed by atoms with E-state index in [0.29, 0.717) is 0 Å². The number of carbonyl (C=O) groups excluding carboxylic acids is 1.